The molecule has 0 spiro atoms. The molecule has 0 aliphatic heterocycles. The van der Waals surface area contributed by atoms with E-state index in [0.29, 0.717) is 0 Å². The fraction of sp³-hybridized carbons (Fsp3) is 0.400. The summed E-state index contributed by atoms with van der Waals surface area (Å²) in [7, 11) is 0. The first kappa shape index (κ1) is 11.1. The molecule has 3 nitrogen and oxygen atoms in total. The Labute approximate surface area is 82.0 Å². The van der Waals surface area contributed by atoms with Gasteiger partial charge in [0.25, 0.3) is 0 Å². The van der Waals surface area contributed by atoms with Gasteiger partial charge in [0.15, 0.2) is 0 Å². The van der Waals surface area contributed by atoms with Gasteiger partial charge < -0.3 is 15.9 Å². The number of benzene rings is 1. The third kappa shape index (κ3) is 2.09. The summed E-state index contributed by atoms with van der Waals surface area (Å²) in [6.07, 6.45) is -1.31. The Kier molecular flexibility index (Phi) is 3.21. The quantitative estimate of drug-likeness (QED) is 0.666. The summed E-state index contributed by atoms with van der Waals surface area (Å²) < 4.78 is 13.2. The Morgan fingerprint density at radius 3 is 2.57 bits per heavy atom. The van der Waals surface area contributed by atoms with Crippen LogP contribution in [0.25, 0.3) is 0 Å². The maximum Gasteiger partial charge on any atom is 0.129 e. The second kappa shape index (κ2) is 4.04. The van der Waals surface area contributed by atoms with Gasteiger partial charge in [-0.1, -0.05) is 18.2 Å². The van der Waals surface area contributed by atoms with Gasteiger partial charge in [-0.3, -0.25) is 0 Å². The number of nitrogens with two attached hydrogens (primary N) is 1. The van der Waals surface area contributed by atoms with Gasteiger partial charge in [-0.15, -0.1) is 0 Å². The molecular weight excluding hydrogens is 185 g/mol. The summed E-state index contributed by atoms with van der Waals surface area (Å²) in [5.74, 6) is -0.547. The molecule has 0 heterocycles. The monoisotopic (exact) mass is 199 g/mol. The molecule has 0 fully saturated rings. The van der Waals surface area contributed by atoms with Gasteiger partial charge in [0.1, 0.15) is 17.5 Å². The van der Waals surface area contributed by atoms with Gasteiger partial charge in [0, 0.05) is 12.1 Å². The average molecular weight is 199 g/mol. The largest absolute Gasteiger partial charge is 0.386 e. The van der Waals surface area contributed by atoms with Crippen LogP contribution in [0.2, 0.25) is 0 Å². The van der Waals surface area contributed by atoms with E-state index in [1.807, 2.05) is 0 Å². The van der Waals surface area contributed by atoms with Gasteiger partial charge in [-0.2, -0.15) is 0 Å². The molecule has 0 aromatic heterocycles. The third-order valence-corrected chi connectivity index (χ3v) is 2.20. The minimum Gasteiger partial charge on any atom is -0.386 e. The maximum atomic E-state index is 13.2. The minimum absolute atomic E-state index is 0.0583. The van der Waals surface area contributed by atoms with Crippen LogP contribution in [-0.4, -0.2) is 22.4 Å². The molecule has 0 aliphatic carbocycles. The van der Waals surface area contributed by atoms with E-state index in [9.17, 15) is 14.6 Å². The zero-order valence-corrected chi connectivity index (χ0v) is 7.94. The first-order valence-corrected chi connectivity index (χ1v) is 4.34. The van der Waals surface area contributed by atoms with E-state index < -0.39 is 17.5 Å². The molecule has 0 radical (unpaired) electrons. The van der Waals surface area contributed by atoms with Crippen LogP contribution in [0.15, 0.2) is 24.3 Å². The summed E-state index contributed by atoms with van der Waals surface area (Å²) in [4.78, 5) is 0. The average Bonchev–Trinajstić information content (AvgIpc) is 2.17. The second-order valence-electron chi connectivity index (χ2n) is 3.49. The highest BCUT2D eigenvalue weighted by Gasteiger charge is 2.31. The predicted octanol–water partition coefficient (Wildman–Crippen LogP) is 0.569. The summed E-state index contributed by atoms with van der Waals surface area (Å²) in [6.45, 7) is 1.23. The molecule has 2 unspecified atom stereocenters. The topological polar surface area (TPSA) is 66.5 Å². The predicted molar refractivity (Wildman–Crippen MR) is 51.0 cm³/mol. The van der Waals surface area contributed by atoms with Crippen molar-refractivity contribution in [2.45, 2.75) is 18.6 Å². The third-order valence-electron chi connectivity index (χ3n) is 2.20. The number of hydrogen-bond donors (Lipinski definition) is 3. The van der Waals surface area contributed by atoms with Gasteiger partial charge in [-0.25, -0.2) is 4.39 Å². The normalized spacial score (nSPS) is 17.5. The molecule has 4 N–H and O–H groups in total. The van der Waals surface area contributed by atoms with Gasteiger partial charge in [-0.05, 0) is 13.0 Å². The molecule has 0 saturated heterocycles. The van der Waals surface area contributed by atoms with Crippen LogP contribution in [0.1, 0.15) is 18.6 Å². The molecule has 1 aromatic rings. The standard InChI is InChI=1S/C10H14FNO2/c1-10(14,6-12)9(13)7-4-2-3-5-8(7)11/h2-5,9,13-14H,6,12H2,1H3. The lowest BCUT2D eigenvalue weighted by Crippen LogP contribution is -2.40. The van der Waals surface area contributed by atoms with Crippen LogP contribution in [0, 0.1) is 5.82 Å². The smallest absolute Gasteiger partial charge is 0.129 e. The molecule has 0 amide bonds. The lowest BCUT2D eigenvalue weighted by molar-refractivity contribution is -0.0580. The van der Waals surface area contributed by atoms with E-state index in [1.165, 1.54) is 25.1 Å². The van der Waals surface area contributed by atoms with Gasteiger partial charge >= 0.3 is 0 Å². The van der Waals surface area contributed by atoms with Crippen LogP contribution < -0.4 is 5.73 Å². The molecule has 0 aliphatic rings. The van der Waals surface area contributed by atoms with Crippen molar-refractivity contribution >= 4 is 0 Å². The summed E-state index contributed by atoms with van der Waals surface area (Å²) in [5.41, 5.74) is 3.81. The van der Waals surface area contributed by atoms with E-state index in [0.717, 1.165) is 0 Å². The van der Waals surface area contributed by atoms with Crippen molar-refractivity contribution in [3.8, 4) is 0 Å². The molecule has 2 atom stereocenters. The fourth-order valence-electron chi connectivity index (χ4n) is 1.14. The SMILES string of the molecule is CC(O)(CN)C(O)c1ccccc1F. The van der Waals surface area contributed by atoms with Crippen LogP contribution >= 0.6 is 0 Å². The van der Waals surface area contributed by atoms with Crippen molar-refractivity contribution in [2.24, 2.45) is 5.73 Å². The Morgan fingerprint density at radius 1 is 1.50 bits per heavy atom. The second-order valence-corrected chi connectivity index (χ2v) is 3.49. The van der Waals surface area contributed by atoms with Crippen molar-refractivity contribution in [3.63, 3.8) is 0 Å². The van der Waals surface area contributed by atoms with E-state index in [2.05, 4.69) is 0 Å². The lowest BCUT2D eigenvalue weighted by atomic mass is 9.93. The molecule has 0 saturated carbocycles. The van der Waals surface area contributed by atoms with E-state index in [1.54, 1.807) is 6.07 Å². The number of hydrogen-bond acceptors (Lipinski definition) is 3. The Hall–Kier alpha value is -0.970. The number of aliphatic hydroxyl groups excluding tert-OH is 1. The number of halogens is 1. The molecule has 1 aromatic carbocycles. The summed E-state index contributed by atoms with van der Waals surface area (Å²) in [6, 6.07) is 5.76. The van der Waals surface area contributed by atoms with Gasteiger partial charge in [0.2, 0.25) is 0 Å². The Bertz CT molecular complexity index is 315. The van der Waals surface area contributed by atoms with Crippen molar-refractivity contribution in [1.29, 1.82) is 0 Å². The van der Waals surface area contributed by atoms with Crippen LogP contribution in [0.4, 0.5) is 4.39 Å². The first-order valence-electron chi connectivity index (χ1n) is 4.34. The minimum atomic E-state index is -1.51. The number of aliphatic hydroxyl groups is 2. The van der Waals surface area contributed by atoms with E-state index >= 15 is 0 Å². The maximum absolute atomic E-state index is 13.2. The van der Waals surface area contributed by atoms with Crippen molar-refractivity contribution in [2.75, 3.05) is 6.54 Å². The molecule has 4 heteroatoms. The van der Waals surface area contributed by atoms with Crippen LogP contribution in [0.3, 0.4) is 0 Å². The highest BCUT2D eigenvalue weighted by atomic mass is 19.1. The van der Waals surface area contributed by atoms with Crippen LogP contribution in [-0.2, 0) is 0 Å². The van der Waals surface area contributed by atoms with Crippen LogP contribution in [0.5, 0.6) is 0 Å². The highest BCUT2D eigenvalue weighted by molar-refractivity contribution is 5.22. The molecular formula is C10H14FNO2. The van der Waals surface area contributed by atoms with Crippen molar-refractivity contribution in [1.82, 2.24) is 0 Å². The molecule has 1 rings (SSSR count). The Balaban J connectivity index is 3.00. The number of rotatable bonds is 3. The lowest BCUT2D eigenvalue weighted by Gasteiger charge is -2.27. The molecule has 78 valence electrons. The van der Waals surface area contributed by atoms with Crippen molar-refractivity contribution < 1.29 is 14.6 Å². The summed E-state index contributed by atoms with van der Waals surface area (Å²) in [5, 5.41) is 19.3. The van der Waals surface area contributed by atoms with Crippen molar-refractivity contribution in [3.05, 3.63) is 35.6 Å². The zero-order valence-electron chi connectivity index (χ0n) is 7.94. The first-order chi connectivity index (χ1) is 6.49. The fourth-order valence-corrected chi connectivity index (χ4v) is 1.14. The van der Waals surface area contributed by atoms with E-state index in [-0.39, 0.29) is 12.1 Å². The summed E-state index contributed by atoms with van der Waals surface area (Å²) >= 11 is 0. The highest BCUT2D eigenvalue weighted by Crippen LogP contribution is 2.26. The van der Waals surface area contributed by atoms with Gasteiger partial charge in [0.05, 0.1) is 0 Å². The zero-order chi connectivity index (χ0) is 10.8. The molecule has 0 bridgehead atoms. The van der Waals surface area contributed by atoms with E-state index in [4.69, 9.17) is 5.73 Å². The molecule has 14 heavy (non-hydrogen) atoms. The Morgan fingerprint density at radius 2 is 2.07 bits per heavy atom.